The van der Waals surface area contributed by atoms with Gasteiger partial charge in [-0.15, -0.1) is 0 Å². The third-order valence-electron chi connectivity index (χ3n) is 4.11. The molecule has 0 aliphatic heterocycles. The summed E-state index contributed by atoms with van der Waals surface area (Å²) in [7, 11) is 0. The van der Waals surface area contributed by atoms with E-state index in [2.05, 4.69) is 5.32 Å². The molecule has 4 heteroatoms. The van der Waals surface area contributed by atoms with Crippen molar-refractivity contribution in [3.8, 4) is 0 Å². The van der Waals surface area contributed by atoms with E-state index in [-0.39, 0.29) is 12.5 Å². The molecule has 0 fully saturated rings. The van der Waals surface area contributed by atoms with Crippen molar-refractivity contribution < 1.29 is 14.3 Å². The fourth-order valence-corrected chi connectivity index (χ4v) is 2.78. The summed E-state index contributed by atoms with van der Waals surface area (Å²) in [5.41, 5.74) is 2.95. The van der Waals surface area contributed by atoms with E-state index < -0.39 is 5.97 Å². The smallest absolute Gasteiger partial charge is 0.340 e. The Labute approximate surface area is 164 Å². The van der Waals surface area contributed by atoms with Gasteiger partial charge in [0.25, 0.3) is 5.91 Å². The molecule has 0 radical (unpaired) electrons. The van der Waals surface area contributed by atoms with Gasteiger partial charge in [-0.1, -0.05) is 72.8 Å². The van der Waals surface area contributed by atoms with Gasteiger partial charge in [-0.05, 0) is 36.3 Å². The van der Waals surface area contributed by atoms with E-state index in [4.69, 9.17) is 4.74 Å². The van der Waals surface area contributed by atoms with Crippen LogP contribution in [0, 0.1) is 0 Å². The monoisotopic (exact) mass is 371 g/mol. The lowest BCUT2D eigenvalue weighted by molar-refractivity contribution is -0.111. The number of benzene rings is 3. The zero-order valence-electron chi connectivity index (χ0n) is 15.6. The number of carbonyl (C=O) groups excluding carboxylic acids is 2. The van der Waals surface area contributed by atoms with E-state index in [1.54, 1.807) is 31.2 Å². The molecule has 0 saturated carbocycles. The molecule has 0 saturated heterocycles. The van der Waals surface area contributed by atoms with Crippen molar-refractivity contribution in [2.24, 2.45) is 0 Å². The summed E-state index contributed by atoms with van der Waals surface area (Å²) in [6, 6.07) is 25.9. The highest BCUT2D eigenvalue weighted by molar-refractivity contribution is 6.29. The summed E-state index contributed by atoms with van der Waals surface area (Å²) in [4.78, 5) is 25.3. The minimum absolute atomic E-state index is 0.268. The number of carbonyl (C=O) groups is 2. The predicted octanol–water partition coefficient (Wildman–Crippen LogP) is 5.04. The average Bonchev–Trinajstić information content (AvgIpc) is 2.74. The number of esters is 1. The molecule has 3 aromatic rings. The molecule has 0 aromatic heterocycles. The third-order valence-corrected chi connectivity index (χ3v) is 4.11. The van der Waals surface area contributed by atoms with Crippen LogP contribution in [0.5, 0.6) is 0 Å². The van der Waals surface area contributed by atoms with Gasteiger partial charge in [-0.25, -0.2) is 4.79 Å². The molecule has 3 rings (SSSR count). The Morgan fingerprint density at radius 2 is 1.46 bits per heavy atom. The number of hydrogen-bond acceptors (Lipinski definition) is 3. The molecular formula is C24H21NO3. The van der Waals surface area contributed by atoms with E-state index >= 15 is 0 Å². The zero-order chi connectivity index (χ0) is 19.8. The van der Waals surface area contributed by atoms with Crippen LogP contribution < -0.4 is 5.32 Å². The molecule has 3 aromatic carbocycles. The molecule has 0 spiro atoms. The van der Waals surface area contributed by atoms with Gasteiger partial charge in [-0.3, -0.25) is 4.79 Å². The Hall–Kier alpha value is -3.66. The second-order valence-corrected chi connectivity index (χ2v) is 6.05. The normalized spacial score (nSPS) is 11.0. The van der Waals surface area contributed by atoms with Crippen LogP contribution in [0.25, 0.3) is 11.6 Å². The third kappa shape index (κ3) is 4.74. The second-order valence-electron chi connectivity index (χ2n) is 6.05. The lowest BCUT2D eigenvalue weighted by Crippen LogP contribution is -2.17. The van der Waals surface area contributed by atoms with Gasteiger partial charge in [0.05, 0.1) is 17.9 Å². The summed E-state index contributed by atoms with van der Waals surface area (Å²) in [6.45, 7) is 2.01. The van der Waals surface area contributed by atoms with Gasteiger partial charge < -0.3 is 10.1 Å². The fourth-order valence-electron chi connectivity index (χ4n) is 2.78. The first kappa shape index (κ1) is 19.1. The van der Waals surface area contributed by atoms with Crippen LogP contribution in [0.2, 0.25) is 0 Å². The Balaban J connectivity index is 1.96. The largest absolute Gasteiger partial charge is 0.462 e. The first-order chi connectivity index (χ1) is 13.7. The lowest BCUT2D eigenvalue weighted by atomic mass is 10.0. The number of ether oxygens (including phenoxy) is 1. The molecule has 0 aliphatic rings. The topological polar surface area (TPSA) is 55.4 Å². The molecule has 1 amide bonds. The van der Waals surface area contributed by atoms with E-state index in [1.165, 1.54) is 0 Å². The molecule has 1 N–H and O–H groups in total. The molecule has 0 atom stereocenters. The molecule has 140 valence electrons. The highest BCUT2D eigenvalue weighted by Gasteiger charge is 2.17. The van der Waals surface area contributed by atoms with Crippen molar-refractivity contribution in [1.29, 1.82) is 0 Å². The maximum atomic E-state index is 13.1. The van der Waals surface area contributed by atoms with Gasteiger partial charge in [0.2, 0.25) is 0 Å². The second kappa shape index (κ2) is 9.33. The van der Waals surface area contributed by atoms with E-state index in [1.807, 2.05) is 66.7 Å². The van der Waals surface area contributed by atoms with Crippen LogP contribution >= 0.6 is 0 Å². The van der Waals surface area contributed by atoms with Crippen LogP contribution in [-0.4, -0.2) is 18.5 Å². The van der Waals surface area contributed by atoms with E-state index in [0.717, 1.165) is 11.1 Å². The lowest BCUT2D eigenvalue weighted by Gasteiger charge is -2.13. The molecule has 0 unspecified atom stereocenters. The van der Waals surface area contributed by atoms with Crippen molar-refractivity contribution in [2.45, 2.75) is 6.92 Å². The number of anilines is 1. The number of nitrogens with one attached hydrogen (secondary N) is 1. The Morgan fingerprint density at radius 3 is 2.14 bits per heavy atom. The number of amides is 1. The predicted molar refractivity (Wildman–Crippen MR) is 112 cm³/mol. The maximum Gasteiger partial charge on any atom is 0.340 e. The molecular weight excluding hydrogens is 350 g/mol. The first-order valence-corrected chi connectivity index (χ1v) is 9.08. The van der Waals surface area contributed by atoms with Gasteiger partial charge in [0, 0.05) is 5.57 Å². The minimum Gasteiger partial charge on any atom is -0.462 e. The Morgan fingerprint density at radius 1 is 0.857 bits per heavy atom. The standard InChI is InChI=1S/C24H21NO3/c1-2-28-24(27)20-15-9-10-16-22(20)25-23(26)21(19-13-7-4-8-14-19)17-18-11-5-3-6-12-18/h3-17H,2H2,1H3,(H,25,26). The minimum atomic E-state index is -0.466. The van der Waals surface area contributed by atoms with Crippen LogP contribution in [0.4, 0.5) is 5.69 Å². The maximum absolute atomic E-state index is 13.1. The molecule has 0 bridgehead atoms. The van der Waals surface area contributed by atoms with Crippen LogP contribution in [0.3, 0.4) is 0 Å². The average molecular weight is 371 g/mol. The molecule has 0 heterocycles. The summed E-state index contributed by atoms with van der Waals surface area (Å²) < 4.78 is 5.09. The first-order valence-electron chi connectivity index (χ1n) is 9.08. The van der Waals surface area contributed by atoms with Gasteiger partial charge >= 0.3 is 5.97 Å². The molecule has 28 heavy (non-hydrogen) atoms. The highest BCUT2D eigenvalue weighted by atomic mass is 16.5. The van der Waals surface area contributed by atoms with Crippen molar-refractivity contribution in [3.05, 3.63) is 102 Å². The summed E-state index contributed by atoms with van der Waals surface area (Å²) in [5, 5.41) is 2.86. The van der Waals surface area contributed by atoms with Gasteiger partial charge in [0.15, 0.2) is 0 Å². The number of hydrogen-bond donors (Lipinski definition) is 1. The van der Waals surface area contributed by atoms with Crippen LogP contribution in [-0.2, 0) is 9.53 Å². The quantitative estimate of drug-likeness (QED) is 0.375. The number of para-hydroxylation sites is 1. The Bertz CT molecular complexity index is 979. The highest BCUT2D eigenvalue weighted by Crippen LogP contribution is 2.23. The zero-order valence-corrected chi connectivity index (χ0v) is 15.6. The van der Waals surface area contributed by atoms with Gasteiger partial charge in [0.1, 0.15) is 0 Å². The van der Waals surface area contributed by atoms with Crippen molar-refractivity contribution in [3.63, 3.8) is 0 Å². The molecule has 0 aliphatic carbocycles. The molecule has 4 nitrogen and oxygen atoms in total. The fraction of sp³-hybridized carbons (Fsp3) is 0.0833. The van der Waals surface area contributed by atoms with Crippen LogP contribution in [0.15, 0.2) is 84.9 Å². The summed E-state index contributed by atoms with van der Waals surface area (Å²) in [6.07, 6.45) is 1.83. The summed E-state index contributed by atoms with van der Waals surface area (Å²) in [5.74, 6) is -0.765. The number of rotatable bonds is 6. The van der Waals surface area contributed by atoms with E-state index in [9.17, 15) is 9.59 Å². The van der Waals surface area contributed by atoms with Crippen molar-refractivity contribution in [2.75, 3.05) is 11.9 Å². The van der Waals surface area contributed by atoms with Crippen molar-refractivity contribution >= 4 is 29.2 Å². The van der Waals surface area contributed by atoms with Gasteiger partial charge in [-0.2, -0.15) is 0 Å². The van der Waals surface area contributed by atoms with E-state index in [0.29, 0.717) is 16.8 Å². The SMILES string of the molecule is CCOC(=O)c1ccccc1NC(=O)C(=Cc1ccccc1)c1ccccc1. The van der Waals surface area contributed by atoms with Crippen molar-refractivity contribution in [1.82, 2.24) is 0 Å². The Kier molecular flexibility index (Phi) is 6.37. The van der Waals surface area contributed by atoms with Crippen LogP contribution in [0.1, 0.15) is 28.4 Å². The summed E-state index contributed by atoms with van der Waals surface area (Å²) >= 11 is 0.